The van der Waals surface area contributed by atoms with Crippen LogP contribution in [0.3, 0.4) is 0 Å². The van der Waals surface area contributed by atoms with Crippen LogP contribution in [-0.2, 0) is 4.79 Å². The fourth-order valence-electron chi connectivity index (χ4n) is 1.94. The highest BCUT2D eigenvalue weighted by Gasteiger charge is 2.28. The molecule has 1 aliphatic heterocycles. The van der Waals surface area contributed by atoms with E-state index in [9.17, 15) is 9.18 Å². The molecular weight excluding hydrogens is 247 g/mol. The number of rotatable bonds is 6. The van der Waals surface area contributed by atoms with Crippen molar-refractivity contribution in [3.63, 3.8) is 0 Å². The zero-order chi connectivity index (χ0) is 13.7. The topological polar surface area (TPSA) is 50.4 Å². The molecule has 0 radical (unpaired) electrons. The molecule has 2 N–H and O–H groups in total. The Morgan fingerprint density at radius 2 is 2.26 bits per heavy atom. The molecule has 0 aliphatic carbocycles. The third-order valence-electron chi connectivity index (χ3n) is 3.43. The Morgan fingerprint density at radius 3 is 2.89 bits per heavy atom. The first-order chi connectivity index (χ1) is 9.18. The average molecular weight is 266 g/mol. The lowest BCUT2D eigenvalue weighted by molar-refractivity contribution is -0.126. The summed E-state index contributed by atoms with van der Waals surface area (Å²) in [5, 5.41) is 5.95. The summed E-state index contributed by atoms with van der Waals surface area (Å²) in [5.41, 5.74) is 0. The van der Waals surface area contributed by atoms with Gasteiger partial charge in [0.1, 0.15) is 6.61 Å². The number of nitrogens with one attached hydrogen (secondary N) is 2. The smallest absolute Gasteiger partial charge is 0.223 e. The fourth-order valence-corrected chi connectivity index (χ4v) is 1.94. The molecule has 4 nitrogen and oxygen atoms in total. The Kier molecular flexibility index (Phi) is 4.74. The van der Waals surface area contributed by atoms with Gasteiger partial charge in [-0.3, -0.25) is 4.79 Å². The van der Waals surface area contributed by atoms with Crippen LogP contribution >= 0.6 is 0 Å². The molecule has 0 saturated carbocycles. The van der Waals surface area contributed by atoms with Crippen molar-refractivity contribution in [2.75, 3.05) is 26.2 Å². The van der Waals surface area contributed by atoms with E-state index in [-0.39, 0.29) is 30.0 Å². The van der Waals surface area contributed by atoms with E-state index in [1.807, 2.05) is 6.92 Å². The Labute approximate surface area is 112 Å². The Bertz CT molecular complexity index is 435. The fraction of sp³-hybridized carbons (Fsp3) is 0.500. The van der Waals surface area contributed by atoms with E-state index in [1.165, 1.54) is 6.07 Å². The number of amides is 1. The molecule has 1 aromatic carbocycles. The minimum Gasteiger partial charge on any atom is -0.489 e. The molecule has 5 heteroatoms. The highest BCUT2D eigenvalue weighted by molar-refractivity contribution is 5.78. The predicted molar refractivity (Wildman–Crippen MR) is 70.4 cm³/mol. The second-order valence-electron chi connectivity index (χ2n) is 4.78. The van der Waals surface area contributed by atoms with Crippen molar-refractivity contribution >= 4 is 5.91 Å². The van der Waals surface area contributed by atoms with E-state index in [0.29, 0.717) is 12.5 Å². The molecule has 1 unspecified atom stereocenters. The standard InChI is InChI=1S/C14H19FN2O2/c1-10(11-8-16-9-11)14(18)17-6-7-19-13-5-3-2-4-12(13)15/h2-5,10-11,16H,6-9H2,1H3,(H,17,18). The summed E-state index contributed by atoms with van der Waals surface area (Å²) in [4.78, 5) is 11.8. The molecule has 2 rings (SSSR count). The molecule has 1 saturated heterocycles. The molecular formula is C14H19FN2O2. The van der Waals surface area contributed by atoms with Crippen LogP contribution in [0.15, 0.2) is 24.3 Å². The highest BCUT2D eigenvalue weighted by atomic mass is 19.1. The van der Waals surface area contributed by atoms with Gasteiger partial charge in [0.25, 0.3) is 0 Å². The van der Waals surface area contributed by atoms with Gasteiger partial charge in [-0.1, -0.05) is 19.1 Å². The largest absolute Gasteiger partial charge is 0.489 e. The van der Waals surface area contributed by atoms with Gasteiger partial charge >= 0.3 is 0 Å². The van der Waals surface area contributed by atoms with Crippen LogP contribution in [0.5, 0.6) is 5.75 Å². The van der Waals surface area contributed by atoms with Gasteiger partial charge in [0.05, 0.1) is 6.54 Å². The maximum atomic E-state index is 13.2. The normalized spacial score (nSPS) is 16.5. The number of carbonyl (C=O) groups excluding carboxylic acids is 1. The number of hydrogen-bond donors (Lipinski definition) is 2. The lowest BCUT2D eigenvalue weighted by Gasteiger charge is -2.31. The van der Waals surface area contributed by atoms with Crippen LogP contribution in [0, 0.1) is 17.7 Å². The Balaban J connectivity index is 1.66. The van der Waals surface area contributed by atoms with Crippen LogP contribution < -0.4 is 15.4 Å². The quantitative estimate of drug-likeness (QED) is 0.760. The third kappa shape index (κ3) is 3.67. The van der Waals surface area contributed by atoms with E-state index in [1.54, 1.807) is 18.2 Å². The van der Waals surface area contributed by atoms with Gasteiger partial charge < -0.3 is 15.4 Å². The minimum atomic E-state index is -0.386. The van der Waals surface area contributed by atoms with E-state index in [4.69, 9.17) is 4.74 Å². The van der Waals surface area contributed by atoms with Crippen LogP contribution in [0.1, 0.15) is 6.92 Å². The van der Waals surface area contributed by atoms with Crippen molar-refractivity contribution in [2.45, 2.75) is 6.92 Å². The summed E-state index contributed by atoms with van der Waals surface area (Å²) in [5.74, 6) is 0.293. The SMILES string of the molecule is CC(C(=O)NCCOc1ccccc1F)C1CNC1. The van der Waals surface area contributed by atoms with Gasteiger partial charge in [0.15, 0.2) is 11.6 Å². The summed E-state index contributed by atoms with van der Waals surface area (Å²) in [6.07, 6.45) is 0. The van der Waals surface area contributed by atoms with Crippen molar-refractivity contribution in [1.29, 1.82) is 0 Å². The van der Waals surface area contributed by atoms with E-state index >= 15 is 0 Å². The van der Waals surface area contributed by atoms with Gasteiger partial charge in [-0.05, 0) is 31.1 Å². The molecule has 1 atom stereocenters. The molecule has 0 aromatic heterocycles. The van der Waals surface area contributed by atoms with Crippen LogP contribution in [0.4, 0.5) is 4.39 Å². The third-order valence-corrected chi connectivity index (χ3v) is 3.43. The van der Waals surface area contributed by atoms with Gasteiger partial charge in [0, 0.05) is 5.92 Å². The molecule has 1 amide bonds. The maximum Gasteiger partial charge on any atom is 0.223 e. The lowest BCUT2D eigenvalue weighted by atomic mass is 9.88. The van der Waals surface area contributed by atoms with Gasteiger partial charge in [-0.25, -0.2) is 4.39 Å². The van der Waals surface area contributed by atoms with Crippen molar-refractivity contribution in [3.8, 4) is 5.75 Å². The van der Waals surface area contributed by atoms with Crippen molar-refractivity contribution < 1.29 is 13.9 Å². The van der Waals surface area contributed by atoms with Crippen LogP contribution in [0.2, 0.25) is 0 Å². The van der Waals surface area contributed by atoms with Crippen LogP contribution in [0.25, 0.3) is 0 Å². The Morgan fingerprint density at radius 1 is 1.53 bits per heavy atom. The van der Waals surface area contributed by atoms with Crippen molar-refractivity contribution in [1.82, 2.24) is 10.6 Å². The van der Waals surface area contributed by atoms with Gasteiger partial charge in [-0.15, -0.1) is 0 Å². The molecule has 0 spiro atoms. The molecule has 1 aromatic rings. The molecule has 1 heterocycles. The van der Waals surface area contributed by atoms with Crippen LogP contribution in [-0.4, -0.2) is 32.1 Å². The minimum absolute atomic E-state index is 0.00899. The zero-order valence-corrected chi connectivity index (χ0v) is 11.0. The molecule has 104 valence electrons. The molecule has 1 fully saturated rings. The van der Waals surface area contributed by atoms with Gasteiger partial charge in [-0.2, -0.15) is 0 Å². The first-order valence-corrected chi connectivity index (χ1v) is 6.54. The summed E-state index contributed by atoms with van der Waals surface area (Å²) < 4.78 is 18.5. The molecule has 19 heavy (non-hydrogen) atoms. The monoisotopic (exact) mass is 266 g/mol. The first-order valence-electron chi connectivity index (χ1n) is 6.54. The number of hydrogen-bond acceptors (Lipinski definition) is 3. The molecule has 0 bridgehead atoms. The van der Waals surface area contributed by atoms with Crippen molar-refractivity contribution in [3.05, 3.63) is 30.1 Å². The second kappa shape index (κ2) is 6.52. The Hall–Kier alpha value is -1.62. The predicted octanol–water partition coefficient (Wildman–Crippen LogP) is 1.18. The number of carbonyl (C=O) groups is 1. The summed E-state index contributed by atoms with van der Waals surface area (Å²) >= 11 is 0. The number of ether oxygens (including phenoxy) is 1. The average Bonchev–Trinajstić information content (AvgIpc) is 2.34. The highest BCUT2D eigenvalue weighted by Crippen LogP contribution is 2.16. The van der Waals surface area contributed by atoms with Crippen molar-refractivity contribution in [2.24, 2.45) is 11.8 Å². The van der Waals surface area contributed by atoms with Gasteiger partial charge in [0.2, 0.25) is 5.91 Å². The summed E-state index contributed by atoms with van der Waals surface area (Å²) in [6, 6.07) is 6.24. The number of benzene rings is 1. The van der Waals surface area contributed by atoms with E-state index in [0.717, 1.165) is 13.1 Å². The number of halogens is 1. The van der Waals surface area contributed by atoms with E-state index in [2.05, 4.69) is 10.6 Å². The van der Waals surface area contributed by atoms with E-state index < -0.39 is 0 Å². The second-order valence-corrected chi connectivity index (χ2v) is 4.78. The number of para-hydroxylation sites is 1. The zero-order valence-electron chi connectivity index (χ0n) is 11.0. The summed E-state index contributed by atoms with van der Waals surface area (Å²) in [6.45, 7) is 4.39. The summed E-state index contributed by atoms with van der Waals surface area (Å²) in [7, 11) is 0. The molecule has 1 aliphatic rings. The first kappa shape index (κ1) is 13.8. The lowest BCUT2D eigenvalue weighted by Crippen LogP contribution is -2.49. The maximum absolute atomic E-state index is 13.2.